The minimum Gasteiger partial charge on any atom is -0.374 e. The molecule has 0 saturated heterocycles. The molecule has 2 N–H and O–H groups in total. The van der Waals surface area contributed by atoms with Crippen molar-refractivity contribution in [1.82, 2.24) is 0 Å². The van der Waals surface area contributed by atoms with Crippen LogP contribution in [0.1, 0.15) is 4.88 Å². The Morgan fingerprint density at radius 1 is 1.00 bits per heavy atom. The lowest BCUT2D eigenvalue weighted by Crippen LogP contribution is -2.28. The first kappa shape index (κ1) is 19.9. The Morgan fingerprint density at radius 3 is 2.54 bits per heavy atom. The smallest absolute Gasteiger partial charge is 0.243 e. The van der Waals surface area contributed by atoms with Crippen LogP contribution in [-0.4, -0.2) is 31.8 Å². The Hall–Kier alpha value is -2.83. The van der Waals surface area contributed by atoms with Gasteiger partial charge in [-0.05, 0) is 35.7 Å². The number of carbonyl (C=O) groups is 1. The fourth-order valence-corrected chi connectivity index (χ4v) is 3.77. The van der Waals surface area contributed by atoms with Crippen molar-refractivity contribution in [3.8, 4) is 0 Å². The predicted octanol–water partition coefficient (Wildman–Crippen LogP) is 4.79. The number of nitrogens with zero attached hydrogens (tertiary/aromatic N) is 2. The van der Waals surface area contributed by atoms with Crippen molar-refractivity contribution in [2.75, 3.05) is 35.7 Å². The number of fused-ring (bicyclic) bond motifs is 2. The average Bonchev–Trinajstić information content (AvgIpc) is 3.23. The molecule has 2 aliphatic rings. The Balaban J connectivity index is 0.000000165. The summed E-state index contributed by atoms with van der Waals surface area (Å²) < 4.78 is 0. The van der Waals surface area contributed by atoms with Gasteiger partial charge in [-0.2, -0.15) is 0 Å². The summed E-state index contributed by atoms with van der Waals surface area (Å²) in [7, 11) is 2.11. The zero-order valence-electron chi connectivity index (χ0n) is 15.4. The van der Waals surface area contributed by atoms with Crippen molar-refractivity contribution in [3.63, 3.8) is 0 Å². The van der Waals surface area contributed by atoms with E-state index >= 15 is 0 Å². The number of anilines is 3. The van der Waals surface area contributed by atoms with Gasteiger partial charge in [0.25, 0.3) is 0 Å². The molecule has 0 aliphatic carbocycles. The van der Waals surface area contributed by atoms with Gasteiger partial charge in [0.1, 0.15) is 0 Å². The second kappa shape index (κ2) is 8.91. The Bertz CT molecular complexity index is 988. The summed E-state index contributed by atoms with van der Waals surface area (Å²) in [5, 5.41) is 7.85. The highest BCUT2D eigenvalue weighted by Gasteiger charge is 2.17. The zero-order chi connectivity index (χ0) is 18.6. The van der Waals surface area contributed by atoms with Crippen molar-refractivity contribution in [3.05, 3.63) is 70.9 Å². The van der Waals surface area contributed by atoms with Gasteiger partial charge >= 0.3 is 0 Å². The van der Waals surface area contributed by atoms with Gasteiger partial charge in [-0.1, -0.05) is 30.3 Å². The van der Waals surface area contributed by atoms with Crippen LogP contribution in [0.2, 0.25) is 0 Å². The van der Waals surface area contributed by atoms with E-state index in [9.17, 15) is 4.79 Å². The number of carbonyl (C=O) groups excluding carboxylic acids is 1. The van der Waals surface area contributed by atoms with E-state index in [1.54, 1.807) is 11.3 Å². The van der Waals surface area contributed by atoms with E-state index in [0.717, 1.165) is 29.3 Å². The molecule has 3 heterocycles. The zero-order valence-corrected chi connectivity index (χ0v) is 17.0. The third kappa shape index (κ3) is 4.35. The molecule has 7 heteroatoms. The number of thiophene rings is 1. The molecule has 2 aromatic carbocycles. The number of aliphatic imine (C=N–C) groups is 1. The van der Waals surface area contributed by atoms with Crippen LogP contribution in [0, 0.1) is 0 Å². The summed E-state index contributed by atoms with van der Waals surface area (Å²) in [4.78, 5) is 19.1. The van der Waals surface area contributed by atoms with Gasteiger partial charge < -0.3 is 15.5 Å². The van der Waals surface area contributed by atoms with Crippen LogP contribution < -0.4 is 15.5 Å². The highest BCUT2D eigenvalue weighted by molar-refractivity contribution is 7.12. The van der Waals surface area contributed by atoms with Crippen molar-refractivity contribution >= 4 is 58.1 Å². The van der Waals surface area contributed by atoms with Crippen molar-refractivity contribution < 1.29 is 4.79 Å². The summed E-state index contributed by atoms with van der Waals surface area (Å²) in [6, 6.07) is 20.1. The minimum absolute atomic E-state index is 0. The predicted molar refractivity (Wildman–Crippen MR) is 121 cm³/mol. The molecule has 1 amide bonds. The van der Waals surface area contributed by atoms with Crippen LogP contribution in [0.3, 0.4) is 0 Å². The molecule has 0 radical (unpaired) electrons. The maximum atomic E-state index is 10.9. The SMILES string of the molecule is CN1CC(c2cccs2)=Nc2ccccc21.Cl.O=C1CNc2ccccc2N1. The molecule has 5 rings (SSSR count). The second-order valence-corrected chi connectivity index (χ2v) is 7.28. The number of hydrogen-bond acceptors (Lipinski definition) is 5. The molecule has 2 aliphatic heterocycles. The van der Waals surface area contributed by atoms with Crippen LogP contribution in [-0.2, 0) is 4.79 Å². The van der Waals surface area contributed by atoms with E-state index in [0.29, 0.717) is 6.54 Å². The Morgan fingerprint density at radius 2 is 1.75 bits per heavy atom. The van der Waals surface area contributed by atoms with Gasteiger partial charge in [-0.25, -0.2) is 4.99 Å². The molecule has 144 valence electrons. The summed E-state index contributed by atoms with van der Waals surface area (Å²) in [6.45, 7) is 1.26. The standard InChI is InChI=1S/C13H12N2S.C8H8N2O.ClH/c1-15-9-11(13-7-4-8-16-13)14-10-5-2-3-6-12(10)15;11-8-5-9-6-3-1-2-4-7(6)10-8;/h2-8H,9H2,1H3;1-4,9H,5H2,(H,10,11);1H. The summed E-state index contributed by atoms with van der Waals surface area (Å²) in [6.07, 6.45) is 0. The largest absolute Gasteiger partial charge is 0.374 e. The average molecular weight is 413 g/mol. The maximum absolute atomic E-state index is 10.9. The van der Waals surface area contributed by atoms with E-state index < -0.39 is 0 Å². The summed E-state index contributed by atoms with van der Waals surface area (Å²) >= 11 is 1.75. The number of halogens is 1. The Kier molecular flexibility index (Phi) is 6.34. The first-order valence-corrected chi connectivity index (χ1v) is 9.63. The molecule has 0 fully saturated rings. The van der Waals surface area contributed by atoms with E-state index in [1.165, 1.54) is 10.6 Å². The number of benzene rings is 2. The third-order valence-corrected chi connectivity index (χ3v) is 5.30. The molecular weight excluding hydrogens is 392 g/mol. The Labute approximate surface area is 174 Å². The van der Waals surface area contributed by atoms with Gasteiger partial charge in [-0.15, -0.1) is 23.7 Å². The third-order valence-electron chi connectivity index (χ3n) is 4.38. The van der Waals surface area contributed by atoms with Crippen molar-refractivity contribution in [2.24, 2.45) is 4.99 Å². The van der Waals surface area contributed by atoms with Gasteiger partial charge in [0.2, 0.25) is 5.91 Å². The highest BCUT2D eigenvalue weighted by Crippen LogP contribution is 2.32. The fourth-order valence-electron chi connectivity index (χ4n) is 3.06. The quantitative estimate of drug-likeness (QED) is 0.604. The molecule has 0 spiro atoms. The van der Waals surface area contributed by atoms with Gasteiger partial charge in [0.15, 0.2) is 0 Å². The minimum atomic E-state index is 0. The number of nitrogens with one attached hydrogen (secondary N) is 2. The molecule has 0 bridgehead atoms. The molecule has 0 unspecified atom stereocenters. The molecule has 3 aromatic rings. The van der Waals surface area contributed by atoms with Crippen molar-refractivity contribution in [1.29, 1.82) is 0 Å². The monoisotopic (exact) mass is 412 g/mol. The van der Waals surface area contributed by atoms with Crippen LogP contribution in [0.4, 0.5) is 22.7 Å². The number of likely N-dealkylation sites (N-methyl/N-ethyl adjacent to an activating group) is 1. The normalized spacial score (nSPS) is 14.1. The van der Waals surface area contributed by atoms with E-state index in [1.807, 2.05) is 30.3 Å². The van der Waals surface area contributed by atoms with Gasteiger partial charge in [0, 0.05) is 7.05 Å². The lowest BCUT2D eigenvalue weighted by molar-refractivity contribution is -0.114. The molecule has 28 heavy (non-hydrogen) atoms. The highest BCUT2D eigenvalue weighted by atomic mass is 35.5. The second-order valence-electron chi connectivity index (χ2n) is 6.33. The fraction of sp³-hybridized carbons (Fsp3) is 0.143. The lowest BCUT2D eigenvalue weighted by atomic mass is 10.1. The van der Waals surface area contributed by atoms with E-state index in [2.05, 4.69) is 58.3 Å². The number of para-hydroxylation sites is 4. The molecule has 0 atom stereocenters. The molecular formula is C21H21ClN4OS. The topological polar surface area (TPSA) is 56.7 Å². The lowest BCUT2D eigenvalue weighted by Gasteiger charge is -2.26. The van der Waals surface area contributed by atoms with Crippen LogP contribution in [0.15, 0.2) is 71.0 Å². The van der Waals surface area contributed by atoms with Gasteiger partial charge in [0.05, 0.1) is 46.4 Å². The van der Waals surface area contributed by atoms with E-state index in [4.69, 9.17) is 4.99 Å². The van der Waals surface area contributed by atoms with Crippen LogP contribution in [0.5, 0.6) is 0 Å². The number of hydrogen-bond donors (Lipinski definition) is 2. The number of rotatable bonds is 1. The first-order valence-electron chi connectivity index (χ1n) is 8.75. The molecule has 0 saturated carbocycles. The first-order chi connectivity index (χ1) is 13.2. The molecule has 5 nitrogen and oxygen atoms in total. The van der Waals surface area contributed by atoms with Crippen LogP contribution in [0.25, 0.3) is 0 Å². The molecule has 1 aromatic heterocycles. The van der Waals surface area contributed by atoms with Crippen LogP contribution >= 0.6 is 23.7 Å². The summed E-state index contributed by atoms with van der Waals surface area (Å²) in [5.74, 6) is 0.0173. The van der Waals surface area contributed by atoms with E-state index in [-0.39, 0.29) is 18.3 Å². The maximum Gasteiger partial charge on any atom is 0.243 e. The van der Waals surface area contributed by atoms with Crippen molar-refractivity contribution in [2.45, 2.75) is 0 Å². The van der Waals surface area contributed by atoms with Gasteiger partial charge in [-0.3, -0.25) is 4.79 Å². The number of amides is 1. The summed E-state index contributed by atoms with van der Waals surface area (Å²) in [5.41, 5.74) is 5.30.